The maximum atomic E-state index is 13.1. The predicted octanol–water partition coefficient (Wildman–Crippen LogP) is -0.0789. The first kappa shape index (κ1) is 22.2. The fourth-order valence-electron chi connectivity index (χ4n) is 4.10. The van der Waals surface area contributed by atoms with Crippen molar-refractivity contribution in [2.45, 2.75) is 38.0 Å². The minimum Gasteiger partial charge on any atom is -0.341 e. The molecule has 0 atom stereocenters. The van der Waals surface area contributed by atoms with E-state index in [1.807, 2.05) is 0 Å². The zero-order valence-corrected chi connectivity index (χ0v) is 18.7. The molecule has 0 radical (unpaired) electrons. The molecule has 2 aliphatic rings. The van der Waals surface area contributed by atoms with Crippen LogP contribution in [0.2, 0.25) is 0 Å². The second kappa shape index (κ2) is 8.32. The van der Waals surface area contributed by atoms with E-state index in [9.17, 15) is 21.6 Å². The lowest BCUT2D eigenvalue weighted by atomic mass is 9.96. The number of hydrogen-bond donors (Lipinski definition) is 1. The number of hydrogen-bond acceptors (Lipinski definition) is 6. The number of carbonyl (C=O) groups is 1. The molecule has 0 spiro atoms. The number of nitrogens with zero attached hydrogens (tertiary/aromatic N) is 4. The van der Waals surface area contributed by atoms with E-state index in [2.05, 4.69) is 10.2 Å². The van der Waals surface area contributed by atoms with Gasteiger partial charge in [0.1, 0.15) is 4.90 Å². The van der Waals surface area contributed by atoms with E-state index < -0.39 is 20.0 Å². The van der Waals surface area contributed by atoms with Gasteiger partial charge in [0.05, 0.1) is 17.6 Å². The van der Waals surface area contributed by atoms with Gasteiger partial charge in [0.15, 0.2) is 0 Å². The molecule has 1 amide bonds. The fraction of sp³-hybridized carbons (Fsp3) is 0.765. The summed E-state index contributed by atoms with van der Waals surface area (Å²) in [7, 11) is -6.90. The van der Waals surface area contributed by atoms with Crippen LogP contribution in [-0.4, -0.2) is 92.0 Å². The second-order valence-electron chi connectivity index (χ2n) is 7.78. The van der Waals surface area contributed by atoms with E-state index in [0.717, 1.165) is 0 Å². The lowest BCUT2D eigenvalue weighted by molar-refractivity contribution is -0.136. The number of piperidine rings is 1. The maximum Gasteiger partial charge on any atom is 0.246 e. The van der Waals surface area contributed by atoms with Gasteiger partial charge in [0.2, 0.25) is 26.0 Å². The molecule has 0 aliphatic carbocycles. The summed E-state index contributed by atoms with van der Waals surface area (Å²) in [6, 6.07) is 0. The predicted molar refractivity (Wildman–Crippen MR) is 107 cm³/mol. The second-order valence-corrected chi connectivity index (χ2v) is 11.6. The van der Waals surface area contributed by atoms with Gasteiger partial charge in [0.25, 0.3) is 0 Å². The van der Waals surface area contributed by atoms with Gasteiger partial charge in [-0.1, -0.05) is 0 Å². The minimum atomic E-state index is -3.67. The molecule has 1 aromatic heterocycles. The SMILES string of the molecule is Cc1n[nH]c(C)c1S(=O)(=O)N1CCCN(C(=O)C2CCN(S(C)(=O)=O)CC2)CC1. The average molecular weight is 448 g/mol. The van der Waals surface area contributed by atoms with Crippen LogP contribution in [0.1, 0.15) is 30.7 Å². The Balaban J connectivity index is 1.64. The Bertz CT molecular complexity index is 945. The number of aromatic nitrogens is 2. The summed E-state index contributed by atoms with van der Waals surface area (Å²) in [6.07, 6.45) is 2.74. The monoisotopic (exact) mass is 447 g/mol. The molecule has 0 unspecified atom stereocenters. The van der Waals surface area contributed by atoms with Crippen molar-refractivity contribution in [2.75, 3.05) is 45.5 Å². The Morgan fingerprint density at radius 1 is 0.966 bits per heavy atom. The number of sulfonamides is 2. The third-order valence-corrected chi connectivity index (χ3v) is 9.16. The molecule has 1 aromatic rings. The maximum absolute atomic E-state index is 13.1. The molecule has 2 aliphatic heterocycles. The smallest absolute Gasteiger partial charge is 0.246 e. The molecule has 3 rings (SSSR count). The summed E-state index contributed by atoms with van der Waals surface area (Å²) in [6.45, 7) is 5.46. The first-order valence-corrected chi connectivity index (χ1v) is 13.1. The van der Waals surface area contributed by atoms with Gasteiger partial charge < -0.3 is 4.90 Å². The highest BCUT2D eigenvalue weighted by atomic mass is 32.2. The molecule has 0 saturated carbocycles. The quantitative estimate of drug-likeness (QED) is 0.689. The third kappa shape index (κ3) is 4.65. The van der Waals surface area contributed by atoms with Crippen molar-refractivity contribution in [1.82, 2.24) is 23.7 Å². The number of H-pyrrole nitrogens is 1. The third-order valence-electron chi connectivity index (χ3n) is 5.70. The number of aromatic amines is 1. The van der Waals surface area contributed by atoms with E-state index in [1.54, 1.807) is 18.7 Å². The molecular formula is C17H29N5O5S2. The Hall–Kier alpha value is -1.50. The molecular weight excluding hydrogens is 418 g/mol. The van der Waals surface area contributed by atoms with Gasteiger partial charge in [-0.15, -0.1) is 0 Å². The largest absolute Gasteiger partial charge is 0.341 e. The molecule has 1 N–H and O–H groups in total. The van der Waals surface area contributed by atoms with E-state index >= 15 is 0 Å². The number of rotatable bonds is 4. The summed E-state index contributed by atoms with van der Waals surface area (Å²) in [5, 5.41) is 6.70. The summed E-state index contributed by atoms with van der Waals surface area (Å²) in [5.74, 6) is -0.220. The van der Waals surface area contributed by atoms with Crippen molar-refractivity contribution in [1.29, 1.82) is 0 Å². The van der Waals surface area contributed by atoms with E-state index in [4.69, 9.17) is 0 Å². The van der Waals surface area contributed by atoms with Crippen molar-refractivity contribution in [3.8, 4) is 0 Å². The van der Waals surface area contributed by atoms with Gasteiger partial charge in [-0.05, 0) is 33.1 Å². The van der Waals surface area contributed by atoms with Gasteiger partial charge >= 0.3 is 0 Å². The highest BCUT2D eigenvalue weighted by molar-refractivity contribution is 7.89. The van der Waals surface area contributed by atoms with Crippen LogP contribution in [0, 0.1) is 19.8 Å². The zero-order valence-electron chi connectivity index (χ0n) is 17.1. The number of aryl methyl sites for hydroxylation is 2. The van der Waals surface area contributed by atoms with Crippen LogP contribution in [0.25, 0.3) is 0 Å². The van der Waals surface area contributed by atoms with Gasteiger partial charge in [-0.25, -0.2) is 21.1 Å². The molecule has 2 saturated heterocycles. The topological polar surface area (TPSA) is 124 Å². The van der Waals surface area contributed by atoms with Crippen molar-refractivity contribution in [3.05, 3.63) is 11.4 Å². The van der Waals surface area contributed by atoms with Gasteiger partial charge in [-0.2, -0.15) is 9.40 Å². The van der Waals surface area contributed by atoms with Crippen LogP contribution in [0.5, 0.6) is 0 Å². The Morgan fingerprint density at radius 2 is 1.62 bits per heavy atom. The molecule has 29 heavy (non-hydrogen) atoms. The first-order chi connectivity index (χ1) is 13.5. The number of amides is 1. The molecule has 0 aromatic carbocycles. The Labute approximate surface area is 172 Å². The summed E-state index contributed by atoms with van der Waals surface area (Å²) < 4.78 is 52.2. The zero-order chi connectivity index (χ0) is 21.4. The first-order valence-electron chi connectivity index (χ1n) is 9.77. The Kier molecular flexibility index (Phi) is 6.37. The van der Waals surface area contributed by atoms with Crippen molar-refractivity contribution < 1.29 is 21.6 Å². The van der Waals surface area contributed by atoms with Crippen LogP contribution < -0.4 is 0 Å². The summed E-state index contributed by atoms with van der Waals surface area (Å²) in [5.41, 5.74) is 0.953. The molecule has 12 heteroatoms. The lowest BCUT2D eigenvalue weighted by Gasteiger charge is -2.32. The standard InChI is InChI=1S/C17H29N5O5S2/c1-13-16(14(2)19-18-13)29(26,27)22-8-4-7-20(11-12-22)17(23)15-5-9-21(10-6-15)28(3,24)25/h15H,4-12H2,1-3H3,(H,18,19). The van der Waals surface area contributed by atoms with Crippen LogP contribution in [0.4, 0.5) is 0 Å². The normalized spacial score (nSPS) is 21.3. The molecule has 2 fully saturated rings. The highest BCUT2D eigenvalue weighted by Gasteiger charge is 2.35. The van der Waals surface area contributed by atoms with Crippen LogP contribution in [0.15, 0.2) is 4.90 Å². The van der Waals surface area contributed by atoms with Gasteiger partial charge in [-0.3, -0.25) is 9.89 Å². The van der Waals surface area contributed by atoms with E-state index in [-0.39, 0.29) is 23.3 Å². The van der Waals surface area contributed by atoms with Crippen LogP contribution in [-0.2, 0) is 24.8 Å². The Morgan fingerprint density at radius 3 is 2.17 bits per heavy atom. The molecule has 164 valence electrons. The summed E-state index contributed by atoms with van der Waals surface area (Å²) >= 11 is 0. The fourth-order valence-corrected chi connectivity index (χ4v) is 6.77. The van der Waals surface area contributed by atoms with E-state index in [1.165, 1.54) is 14.9 Å². The van der Waals surface area contributed by atoms with E-state index in [0.29, 0.717) is 63.4 Å². The molecule has 3 heterocycles. The molecule has 10 nitrogen and oxygen atoms in total. The average Bonchev–Trinajstić information content (AvgIpc) is 2.85. The van der Waals surface area contributed by atoms with Gasteiger partial charge in [0, 0.05) is 45.2 Å². The lowest BCUT2D eigenvalue weighted by Crippen LogP contribution is -2.45. The van der Waals surface area contributed by atoms with Crippen LogP contribution in [0.3, 0.4) is 0 Å². The summed E-state index contributed by atoms with van der Waals surface area (Å²) in [4.78, 5) is 14.9. The number of carbonyl (C=O) groups excluding carboxylic acids is 1. The van der Waals surface area contributed by atoms with Crippen molar-refractivity contribution >= 4 is 26.0 Å². The van der Waals surface area contributed by atoms with Crippen LogP contribution >= 0.6 is 0 Å². The van der Waals surface area contributed by atoms with Crippen molar-refractivity contribution in [2.24, 2.45) is 5.92 Å². The van der Waals surface area contributed by atoms with Crippen molar-refractivity contribution in [3.63, 3.8) is 0 Å². The molecule has 0 bridgehead atoms. The highest BCUT2D eigenvalue weighted by Crippen LogP contribution is 2.25. The number of nitrogens with one attached hydrogen (secondary N) is 1. The minimum absolute atomic E-state index is 0.00642.